The molecule has 4 rings (SSSR count). The van der Waals surface area contributed by atoms with Crippen molar-refractivity contribution in [2.45, 2.75) is 47.1 Å². The normalized spacial score (nSPS) is 35.7. The van der Waals surface area contributed by atoms with Crippen LogP contribution in [0.25, 0.3) is 0 Å². The molecule has 0 aromatic heterocycles. The molecular weight excluding hydrogens is 514 g/mol. The molecule has 1 spiro atoms. The topological polar surface area (TPSA) is 108 Å². The van der Waals surface area contributed by atoms with Crippen LogP contribution >= 0.6 is 27.7 Å². The molecule has 2 amide bonds. The second-order valence-corrected chi connectivity index (χ2v) is 11.8. The maximum atomic E-state index is 13.7. The number of hydrogen-bond donors (Lipinski definition) is 2. The quantitative estimate of drug-likeness (QED) is 0.227. The van der Waals surface area contributed by atoms with Crippen LogP contribution in [0.3, 0.4) is 0 Å². The Hall–Kier alpha value is -0.880. The minimum absolute atomic E-state index is 0.0404. The van der Waals surface area contributed by atoms with Crippen molar-refractivity contribution in [1.29, 1.82) is 0 Å². The van der Waals surface area contributed by atoms with Crippen molar-refractivity contribution >= 4 is 45.5 Å². The minimum Gasteiger partial charge on any atom is -0.466 e. The molecule has 0 aromatic carbocycles. The van der Waals surface area contributed by atoms with Gasteiger partial charge in [0.25, 0.3) is 0 Å². The summed E-state index contributed by atoms with van der Waals surface area (Å²) in [7, 11) is 0. The van der Waals surface area contributed by atoms with Crippen LogP contribution in [0.2, 0.25) is 0 Å². The fraction of sp³-hybridized carbons (Fsp3) is 0.864. The van der Waals surface area contributed by atoms with Crippen molar-refractivity contribution in [2.24, 2.45) is 11.8 Å². The zero-order valence-electron chi connectivity index (χ0n) is 19.0. The minimum atomic E-state index is -0.643. The standard InChI is InChI=1S/C22H34BrN3O6S/c1-2-32-21(30)15-16-20(29)26(6-3-4-10-27)18(22(16)13-14(23)17(15)33-22)19(28)24-5-7-25-8-11-31-12-9-25/h14-18,27H,2-13H2,1H3,(H,24,28)/t14?,15-,16-,17-,18?,22?/m0/s1. The number of esters is 1. The van der Waals surface area contributed by atoms with E-state index < -0.39 is 22.6 Å². The summed E-state index contributed by atoms with van der Waals surface area (Å²) in [4.78, 5) is 44.1. The summed E-state index contributed by atoms with van der Waals surface area (Å²) in [6, 6.07) is -0.632. The SMILES string of the molecule is CCOC(=O)[C@H]1[C@H]2C(=O)N(CCCCO)C(C(=O)NCCN3CCOCC3)C23CC(Br)[C@@H]1S3. The van der Waals surface area contributed by atoms with Gasteiger partial charge in [0.15, 0.2) is 0 Å². The van der Waals surface area contributed by atoms with Gasteiger partial charge in [0.2, 0.25) is 11.8 Å². The molecule has 186 valence electrons. The fourth-order valence-electron chi connectivity index (χ4n) is 5.83. The predicted molar refractivity (Wildman–Crippen MR) is 127 cm³/mol. The Morgan fingerprint density at radius 1 is 1.30 bits per heavy atom. The third kappa shape index (κ3) is 4.68. The van der Waals surface area contributed by atoms with E-state index >= 15 is 0 Å². The Morgan fingerprint density at radius 3 is 2.76 bits per heavy atom. The van der Waals surface area contributed by atoms with Gasteiger partial charge >= 0.3 is 5.97 Å². The average Bonchev–Trinajstić information content (AvgIpc) is 3.38. The second-order valence-electron chi connectivity index (χ2n) is 9.12. The van der Waals surface area contributed by atoms with E-state index in [0.717, 1.165) is 19.6 Å². The highest BCUT2D eigenvalue weighted by atomic mass is 79.9. The van der Waals surface area contributed by atoms with Crippen LogP contribution in [-0.4, -0.2) is 113 Å². The lowest BCUT2D eigenvalue weighted by Gasteiger charge is -2.35. The molecule has 6 atom stereocenters. The number of carbonyl (C=O) groups is 3. The number of fused-ring (bicyclic) bond motifs is 1. The Bertz CT molecular complexity index is 754. The number of thioether (sulfide) groups is 1. The van der Waals surface area contributed by atoms with Gasteiger partial charge in [0, 0.05) is 49.4 Å². The van der Waals surface area contributed by atoms with Gasteiger partial charge in [-0.05, 0) is 26.2 Å². The van der Waals surface area contributed by atoms with E-state index in [4.69, 9.17) is 9.47 Å². The van der Waals surface area contributed by atoms with Crippen molar-refractivity contribution in [3.8, 4) is 0 Å². The summed E-state index contributed by atoms with van der Waals surface area (Å²) < 4.78 is 10.1. The number of alkyl halides is 1. The van der Waals surface area contributed by atoms with Gasteiger partial charge in [-0.3, -0.25) is 19.3 Å². The largest absolute Gasteiger partial charge is 0.466 e. The van der Waals surface area contributed by atoms with Crippen LogP contribution in [0.4, 0.5) is 0 Å². The van der Waals surface area contributed by atoms with Crippen LogP contribution in [0, 0.1) is 11.8 Å². The number of aliphatic hydroxyl groups excluding tert-OH is 1. The van der Waals surface area contributed by atoms with E-state index in [2.05, 4.69) is 26.1 Å². The van der Waals surface area contributed by atoms with Crippen molar-refractivity contribution < 1.29 is 29.0 Å². The molecule has 4 heterocycles. The number of halogens is 1. The number of aliphatic hydroxyl groups is 1. The average molecular weight is 549 g/mol. The molecule has 4 aliphatic rings. The maximum Gasteiger partial charge on any atom is 0.310 e. The summed E-state index contributed by atoms with van der Waals surface area (Å²) in [6.07, 6.45) is 1.83. The summed E-state index contributed by atoms with van der Waals surface area (Å²) in [5.41, 5.74) is 0. The van der Waals surface area contributed by atoms with Gasteiger partial charge in [0.05, 0.1) is 36.4 Å². The Morgan fingerprint density at radius 2 is 2.06 bits per heavy atom. The van der Waals surface area contributed by atoms with Crippen LogP contribution in [-0.2, 0) is 23.9 Å². The Kier molecular flexibility index (Phi) is 8.26. The van der Waals surface area contributed by atoms with E-state index in [0.29, 0.717) is 45.6 Å². The van der Waals surface area contributed by atoms with Gasteiger partial charge in [-0.25, -0.2) is 0 Å². The maximum absolute atomic E-state index is 13.7. The summed E-state index contributed by atoms with van der Waals surface area (Å²) in [5, 5.41) is 12.2. The lowest BCUT2D eigenvalue weighted by Crippen LogP contribution is -2.55. The molecule has 11 heteroatoms. The molecule has 9 nitrogen and oxygen atoms in total. The highest BCUT2D eigenvalue weighted by molar-refractivity contribution is 9.09. The molecule has 2 bridgehead atoms. The molecular formula is C22H34BrN3O6S. The zero-order chi connectivity index (χ0) is 23.6. The molecule has 2 N–H and O–H groups in total. The van der Waals surface area contributed by atoms with Crippen molar-refractivity contribution in [3.05, 3.63) is 0 Å². The summed E-state index contributed by atoms with van der Waals surface area (Å²) in [5.74, 6) is -1.73. The number of carbonyl (C=O) groups excluding carboxylic acids is 3. The van der Waals surface area contributed by atoms with E-state index in [9.17, 15) is 19.5 Å². The van der Waals surface area contributed by atoms with Gasteiger partial charge in [-0.15, -0.1) is 11.8 Å². The summed E-state index contributed by atoms with van der Waals surface area (Å²) >= 11 is 5.35. The van der Waals surface area contributed by atoms with E-state index in [1.54, 1.807) is 23.6 Å². The zero-order valence-corrected chi connectivity index (χ0v) is 21.4. The molecule has 4 aliphatic heterocycles. The van der Waals surface area contributed by atoms with E-state index in [1.165, 1.54) is 0 Å². The van der Waals surface area contributed by atoms with Crippen LogP contribution in [0.5, 0.6) is 0 Å². The molecule has 0 radical (unpaired) electrons. The molecule has 0 saturated carbocycles. The number of hydrogen-bond acceptors (Lipinski definition) is 8. The number of morpholine rings is 1. The highest BCUT2D eigenvalue weighted by Gasteiger charge is 2.75. The van der Waals surface area contributed by atoms with E-state index in [1.807, 2.05) is 0 Å². The third-order valence-corrected chi connectivity index (χ3v) is 10.5. The monoisotopic (exact) mass is 547 g/mol. The third-order valence-electron chi connectivity index (χ3n) is 7.23. The fourth-order valence-corrected chi connectivity index (χ4v) is 9.43. The first-order valence-corrected chi connectivity index (χ1v) is 13.7. The smallest absolute Gasteiger partial charge is 0.310 e. The highest BCUT2D eigenvalue weighted by Crippen LogP contribution is 2.67. The number of likely N-dealkylation sites (tertiary alicyclic amines) is 1. The predicted octanol–water partition coefficient (Wildman–Crippen LogP) is 0.235. The molecule has 33 heavy (non-hydrogen) atoms. The van der Waals surface area contributed by atoms with Crippen molar-refractivity contribution in [1.82, 2.24) is 15.1 Å². The van der Waals surface area contributed by atoms with Gasteiger partial charge in [-0.1, -0.05) is 15.9 Å². The number of nitrogens with zero attached hydrogens (tertiary/aromatic N) is 2. The molecule has 4 fully saturated rings. The lowest BCUT2D eigenvalue weighted by molar-refractivity contribution is -0.153. The lowest BCUT2D eigenvalue weighted by atomic mass is 9.71. The Labute approximate surface area is 207 Å². The number of nitrogens with one attached hydrogen (secondary N) is 1. The molecule has 4 saturated heterocycles. The van der Waals surface area contributed by atoms with Gasteiger partial charge in [-0.2, -0.15) is 0 Å². The molecule has 0 aromatic rings. The van der Waals surface area contributed by atoms with Crippen molar-refractivity contribution in [2.75, 3.05) is 59.2 Å². The first kappa shape index (κ1) is 25.2. The van der Waals surface area contributed by atoms with Crippen LogP contribution < -0.4 is 5.32 Å². The number of ether oxygens (including phenoxy) is 2. The van der Waals surface area contributed by atoms with Gasteiger partial charge in [0.1, 0.15) is 6.04 Å². The van der Waals surface area contributed by atoms with Crippen LogP contribution in [0.15, 0.2) is 0 Å². The molecule has 3 unspecified atom stereocenters. The second kappa shape index (κ2) is 10.8. The number of rotatable bonds is 10. The molecule has 0 aliphatic carbocycles. The van der Waals surface area contributed by atoms with E-state index in [-0.39, 0.29) is 41.1 Å². The number of unbranched alkanes of at least 4 members (excludes halogenated alkanes) is 1. The Balaban J connectivity index is 1.54. The summed E-state index contributed by atoms with van der Waals surface area (Å²) in [6.45, 7) is 6.80. The first-order valence-electron chi connectivity index (χ1n) is 11.9. The number of amides is 2. The van der Waals surface area contributed by atoms with Crippen LogP contribution in [0.1, 0.15) is 26.2 Å². The van der Waals surface area contributed by atoms with Gasteiger partial charge < -0.3 is 24.8 Å². The van der Waals surface area contributed by atoms with Crippen molar-refractivity contribution in [3.63, 3.8) is 0 Å². The first-order chi connectivity index (χ1) is 15.9.